The predicted octanol–water partition coefficient (Wildman–Crippen LogP) is 5.65. The quantitative estimate of drug-likeness (QED) is 0.279. The number of amides is 1. The van der Waals surface area contributed by atoms with E-state index in [-0.39, 0.29) is 17.9 Å². The number of hydrogen-bond donors (Lipinski definition) is 0. The van der Waals surface area contributed by atoms with Gasteiger partial charge in [0, 0.05) is 5.56 Å². The number of hydrogen-bond acceptors (Lipinski definition) is 5. The van der Waals surface area contributed by atoms with Gasteiger partial charge in [-0.3, -0.25) is 9.59 Å². The van der Waals surface area contributed by atoms with Gasteiger partial charge in [-0.2, -0.15) is 5.10 Å². The molecule has 4 aromatic rings. The summed E-state index contributed by atoms with van der Waals surface area (Å²) in [6, 6.07) is 23.5. The second-order valence-electron chi connectivity index (χ2n) is 8.84. The molecule has 1 amide bonds. The number of para-hydroxylation sites is 1. The Bertz CT molecular complexity index is 1370. The SMILES string of the molecule is CC(C)(C)N(N=Cc1ccc(OCc2coc3ccccc3c2=O)cc1)C(=O)c1ccccc1. The second kappa shape index (κ2) is 9.75. The lowest BCUT2D eigenvalue weighted by Crippen LogP contribution is -2.41. The van der Waals surface area contributed by atoms with Crippen LogP contribution in [0.25, 0.3) is 11.0 Å². The zero-order chi connectivity index (χ0) is 24.1. The lowest BCUT2D eigenvalue weighted by molar-refractivity contribution is 0.0593. The number of ether oxygens (including phenoxy) is 1. The molecule has 1 heterocycles. The number of carbonyl (C=O) groups excluding carboxylic acids is 1. The van der Waals surface area contributed by atoms with E-state index in [1.807, 2.05) is 57.2 Å². The van der Waals surface area contributed by atoms with E-state index in [1.54, 1.807) is 48.7 Å². The van der Waals surface area contributed by atoms with Crippen molar-refractivity contribution in [3.05, 3.63) is 112 Å². The Kier molecular flexibility index (Phi) is 6.59. The average Bonchev–Trinajstić information content (AvgIpc) is 2.84. The molecule has 0 atom stereocenters. The van der Waals surface area contributed by atoms with E-state index in [4.69, 9.17) is 9.15 Å². The topological polar surface area (TPSA) is 72.1 Å². The van der Waals surface area contributed by atoms with Crippen molar-refractivity contribution in [2.45, 2.75) is 32.9 Å². The lowest BCUT2D eigenvalue weighted by Gasteiger charge is -2.31. The van der Waals surface area contributed by atoms with E-state index in [0.717, 1.165) is 5.56 Å². The Hall–Kier alpha value is -4.19. The molecule has 6 nitrogen and oxygen atoms in total. The molecule has 0 spiro atoms. The Labute approximate surface area is 198 Å². The van der Waals surface area contributed by atoms with Crippen LogP contribution in [0.3, 0.4) is 0 Å². The maximum absolute atomic E-state index is 13.0. The van der Waals surface area contributed by atoms with Crippen LogP contribution < -0.4 is 10.2 Å². The maximum atomic E-state index is 13.0. The number of rotatable bonds is 6. The van der Waals surface area contributed by atoms with E-state index in [9.17, 15) is 9.59 Å². The minimum atomic E-state index is -0.493. The summed E-state index contributed by atoms with van der Waals surface area (Å²) < 4.78 is 11.3. The molecule has 0 saturated carbocycles. The van der Waals surface area contributed by atoms with Crippen LogP contribution in [0.2, 0.25) is 0 Å². The monoisotopic (exact) mass is 454 g/mol. The molecule has 0 fully saturated rings. The van der Waals surface area contributed by atoms with Crippen molar-refractivity contribution < 1.29 is 13.9 Å². The van der Waals surface area contributed by atoms with Gasteiger partial charge in [-0.15, -0.1) is 0 Å². The first kappa shape index (κ1) is 23.0. The highest BCUT2D eigenvalue weighted by Crippen LogP contribution is 2.19. The number of carbonyl (C=O) groups is 1. The summed E-state index contributed by atoms with van der Waals surface area (Å²) in [6.45, 7) is 5.91. The third-order valence-electron chi connectivity index (χ3n) is 5.20. The summed E-state index contributed by atoms with van der Waals surface area (Å²) in [7, 11) is 0. The first-order valence-electron chi connectivity index (χ1n) is 11.0. The molecule has 0 radical (unpaired) electrons. The van der Waals surface area contributed by atoms with Gasteiger partial charge in [-0.1, -0.05) is 30.3 Å². The summed E-state index contributed by atoms with van der Waals surface area (Å²) in [5.41, 5.74) is 1.80. The standard InChI is InChI=1S/C28H26N2O4/c1-28(2,3)30(27(32)21-9-5-4-6-10-21)29-17-20-13-15-23(16-14-20)33-18-22-19-34-25-12-8-7-11-24(25)26(22)31/h4-17,19H,18H2,1-3H3. The molecule has 3 aromatic carbocycles. The minimum absolute atomic E-state index is 0.101. The van der Waals surface area contributed by atoms with Crippen LogP contribution in [0.5, 0.6) is 5.75 Å². The molecule has 0 bridgehead atoms. The van der Waals surface area contributed by atoms with Crippen LogP contribution in [0.4, 0.5) is 0 Å². The Morgan fingerprint density at radius 3 is 2.35 bits per heavy atom. The Morgan fingerprint density at radius 2 is 1.65 bits per heavy atom. The van der Waals surface area contributed by atoms with Crippen LogP contribution in [-0.4, -0.2) is 22.7 Å². The molecule has 6 heteroatoms. The number of fused-ring (bicyclic) bond motifs is 1. The molecule has 172 valence electrons. The van der Waals surface area contributed by atoms with Crippen LogP contribution >= 0.6 is 0 Å². The predicted molar refractivity (Wildman–Crippen MR) is 133 cm³/mol. The van der Waals surface area contributed by atoms with E-state index in [1.165, 1.54) is 11.3 Å². The smallest absolute Gasteiger partial charge is 0.274 e. The Morgan fingerprint density at radius 1 is 0.971 bits per heavy atom. The zero-order valence-electron chi connectivity index (χ0n) is 19.4. The van der Waals surface area contributed by atoms with Crippen molar-refractivity contribution in [3.63, 3.8) is 0 Å². The van der Waals surface area contributed by atoms with Crippen molar-refractivity contribution in [2.75, 3.05) is 0 Å². The molecular weight excluding hydrogens is 428 g/mol. The summed E-state index contributed by atoms with van der Waals surface area (Å²) >= 11 is 0. The summed E-state index contributed by atoms with van der Waals surface area (Å²) in [4.78, 5) is 25.6. The fourth-order valence-corrected chi connectivity index (χ4v) is 3.39. The maximum Gasteiger partial charge on any atom is 0.274 e. The van der Waals surface area contributed by atoms with Crippen molar-refractivity contribution in [1.29, 1.82) is 0 Å². The van der Waals surface area contributed by atoms with Gasteiger partial charge >= 0.3 is 0 Å². The molecule has 34 heavy (non-hydrogen) atoms. The van der Waals surface area contributed by atoms with Gasteiger partial charge in [-0.05, 0) is 74.9 Å². The van der Waals surface area contributed by atoms with E-state index < -0.39 is 5.54 Å². The highest BCUT2D eigenvalue weighted by molar-refractivity contribution is 5.95. The second-order valence-corrected chi connectivity index (χ2v) is 8.84. The highest BCUT2D eigenvalue weighted by atomic mass is 16.5. The molecule has 0 unspecified atom stereocenters. The first-order valence-corrected chi connectivity index (χ1v) is 11.0. The molecule has 1 aromatic heterocycles. The highest BCUT2D eigenvalue weighted by Gasteiger charge is 2.27. The van der Waals surface area contributed by atoms with Crippen molar-refractivity contribution in [3.8, 4) is 5.75 Å². The fraction of sp³-hybridized carbons (Fsp3) is 0.179. The van der Waals surface area contributed by atoms with Crippen LogP contribution in [0.15, 0.2) is 99.4 Å². The van der Waals surface area contributed by atoms with Crippen LogP contribution in [0.1, 0.15) is 42.3 Å². The fourth-order valence-electron chi connectivity index (χ4n) is 3.39. The number of nitrogens with zero attached hydrogens (tertiary/aromatic N) is 2. The van der Waals surface area contributed by atoms with Crippen molar-refractivity contribution >= 4 is 23.1 Å². The number of hydrazone groups is 1. The van der Waals surface area contributed by atoms with Gasteiger partial charge in [0.2, 0.25) is 0 Å². The van der Waals surface area contributed by atoms with Gasteiger partial charge in [0.1, 0.15) is 24.2 Å². The molecule has 0 saturated heterocycles. The molecule has 0 aliphatic carbocycles. The summed E-state index contributed by atoms with van der Waals surface area (Å²) in [5.74, 6) is 0.441. The average molecular weight is 455 g/mol. The van der Waals surface area contributed by atoms with Gasteiger partial charge in [-0.25, -0.2) is 5.01 Å². The van der Waals surface area contributed by atoms with E-state index in [2.05, 4.69) is 5.10 Å². The minimum Gasteiger partial charge on any atom is -0.489 e. The molecule has 4 rings (SSSR count). The molecular formula is C28H26N2O4. The van der Waals surface area contributed by atoms with Crippen molar-refractivity contribution in [1.82, 2.24) is 5.01 Å². The molecule has 0 aliphatic heterocycles. The van der Waals surface area contributed by atoms with Gasteiger partial charge < -0.3 is 9.15 Å². The number of benzene rings is 3. The van der Waals surface area contributed by atoms with Crippen LogP contribution in [-0.2, 0) is 6.61 Å². The zero-order valence-corrected chi connectivity index (χ0v) is 19.4. The summed E-state index contributed by atoms with van der Waals surface area (Å²) in [6.07, 6.45) is 3.09. The van der Waals surface area contributed by atoms with E-state index >= 15 is 0 Å². The molecule has 0 aliphatic rings. The normalized spacial score (nSPS) is 11.6. The summed E-state index contributed by atoms with van der Waals surface area (Å²) in [5, 5.41) is 6.48. The van der Waals surface area contributed by atoms with Gasteiger partial charge in [0.25, 0.3) is 5.91 Å². The third-order valence-corrected chi connectivity index (χ3v) is 5.20. The largest absolute Gasteiger partial charge is 0.489 e. The Balaban J connectivity index is 1.45. The molecule has 0 N–H and O–H groups in total. The van der Waals surface area contributed by atoms with Crippen LogP contribution in [0, 0.1) is 0 Å². The van der Waals surface area contributed by atoms with Crippen molar-refractivity contribution in [2.24, 2.45) is 5.10 Å². The lowest BCUT2D eigenvalue weighted by atomic mass is 10.1. The van der Waals surface area contributed by atoms with E-state index in [0.29, 0.717) is 27.8 Å². The first-order chi connectivity index (χ1) is 16.3. The van der Waals surface area contributed by atoms with Gasteiger partial charge in [0.05, 0.1) is 22.7 Å². The van der Waals surface area contributed by atoms with Gasteiger partial charge in [0.15, 0.2) is 5.43 Å². The third kappa shape index (κ3) is 5.23.